The second-order valence-electron chi connectivity index (χ2n) is 5.40. The van der Waals surface area contributed by atoms with E-state index in [0.717, 1.165) is 31.7 Å². The minimum atomic E-state index is -0.0970. The second-order valence-corrected chi connectivity index (χ2v) is 5.40. The minimum absolute atomic E-state index is 0.0970. The van der Waals surface area contributed by atoms with Gasteiger partial charge in [-0.15, -0.1) is 0 Å². The third kappa shape index (κ3) is 5.45. The summed E-state index contributed by atoms with van der Waals surface area (Å²) in [4.78, 5) is 14.2. The first-order valence-electron chi connectivity index (χ1n) is 7.35. The van der Waals surface area contributed by atoms with E-state index in [-0.39, 0.29) is 5.91 Å². The monoisotopic (exact) mass is 296 g/mol. The van der Waals surface area contributed by atoms with Crippen molar-refractivity contribution in [2.45, 2.75) is 25.8 Å². The van der Waals surface area contributed by atoms with E-state index in [1.807, 2.05) is 6.92 Å². The number of hydrogen-bond acceptors (Lipinski definition) is 6. The topological polar surface area (TPSA) is 79.6 Å². The van der Waals surface area contributed by atoms with Crippen molar-refractivity contribution in [3.05, 3.63) is 11.8 Å². The van der Waals surface area contributed by atoms with E-state index in [1.54, 1.807) is 13.2 Å². The number of aryl methyl sites for hydroxylation is 1. The van der Waals surface area contributed by atoms with Crippen LogP contribution in [0.25, 0.3) is 0 Å². The molecule has 1 aliphatic heterocycles. The van der Waals surface area contributed by atoms with Crippen molar-refractivity contribution in [3.8, 4) is 0 Å². The van der Waals surface area contributed by atoms with Crippen molar-refractivity contribution in [1.82, 2.24) is 15.4 Å². The highest BCUT2D eigenvalue weighted by Gasteiger charge is 2.20. The molecule has 1 amide bonds. The highest BCUT2D eigenvalue weighted by Crippen LogP contribution is 2.09. The number of hydrogen-bond donors (Lipinski definition) is 2. The predicted octanol–water partition coefficient (Wildman–Crippen LogP) is 0.622. The number of carbonyl (C=O) groups excluding carboxylic acids is 1. The summed E-state index contributed by atoms with van der Waals surface area (Å²) in [6.45, 7) is 5.40. The summed E-state index contributed by atoms with van der Waals surface area (Å²) in [5.41, 5.74) is 0.747. The summed E-state index contributed by atoms with van der Waals surface area (Å²) in [7, 11) is 1.67. The molecule has 1 aliphatic rings. The Bertz CT molecular complexity index is 443. The molecule has 2 N–H and O–H groups in total. The van der Waals surface area contributed by atoms with Gasteiger partial charge in [0.05, 0.1) is 18.8 Å². The number of aromatic nitrogens is 1. The van der Waals surface area contributed by atoms with Gasteiger partial charge < -0.3 is 14.6 Å². The molecular weight excluding hydrogens is 272 g/mol. The maximum absolute atomic E-state index is 12.1. The summed E-state index contributed by atoms with van der Waals surface area (Å²) in [5.74, 6) is 0.295. The SMILES string of the molecule is COCCN(CC(=O)Nc1cc(C)no1)CC1CCCN1. The Labute approximate surface area is 125 Å². The molecular formula is C14H24N4O3. The third-order valence-electron chi connectivity index (χ3n) is 3.51. The smallest absolute Gasteiger partial charge is 0.240 e. The molecule has 2 heterocycles. The van der Waals surface area contributed by atoms with Crippen molar-refractivity contribution in [3.63, 3.8) is 0 Å². The summed E-state index contributed by atoms with van der Waals surface area (Å²) < 4.78 is 10.1. The minimum Gasteiger partial charge on any atom is -0.383 e. The van der Waals surface area contributed by atoms with Crippen LogP contribution in [0.5, 0.6) is 0 Å². The lowest BCUT2D eigenvalue weighted by Crippen LogP contribution is -2.42. The van der Waals surface area contributed by atoms with E-state index in [9.17, 15) is 4.79 Å². The molecule has 1 aromatic heterocycles. The van der Waals surface area contributed by atoms with Crippen molar-refractivity contribution in [2.24, 2.45) is 0 Å². The van der Waals surface area contributed by atoms with Crippen LogP contribution in [-0.2, 0) is 9.53 Å². The van der Waals surface area contributed by atoms with Gasteiger partial charge >= 0.3 is 0 Å². The molecule has 1 unspecified atom stereocenters. The number of methoxy groups -OCH3 is 1. The van der Waals surface area contributed by atoms with E-state index in [4.69, 9.17) is 9.26 Å². The summed E-state index contributed by atoms with van der Waals surface area (Å²) in [6.07, 6.45) is 2.36. The summed E-state index contributed by atoms with van der Waals surface area (Å²) >= 11 is 0. The normalized spacial score (nSPS) is 18.3. The average molecular weight is 296 g/mol. The molecule has 0 aliphatic carbocycles. The van der Waals surface area contributed by atoms with Gasteiger partial charge in [0.1, 0.15) is 0 Å². The zero-order valence-corrected chi connectivity index (χ0v) is 12.7. The van der Waals surface area contributed by atoms with Crippen molar-refractivity contribution >= 4 is 11.8 Å². The van der Waals surface area contributed by atoms with Crippen LogP contribution in [0, 0.1) is 6.92 Å². The zero-order chi connectivity index (χ0) is 15.1. The zero-order valence-electron chi connectivity index (χ0n) is 12.7. The number of rotatable bonds is 8. The predicted molar refractivity (Wildman–Crippen MR) is 79.2 cm³/mol. The van der Waals surface area contributed by atoms with Crippen molar-refractivity contribution < 1.29 is 14.1 Å². The molecule has 21 heavy (non-hydrogen) atoms. The van der Waals surface area contributed by atoms with Gasteiger partial charge in [0, 0.05) is 32.3 Å². The molecule has 1 fully saturated rings. The molecule has 2 rings (SSSR count). The molecule has 1 aromatic rings. The Morgan fingerprint density at radius 2 is 2.52 bits per heavy atom. The first-order chi connectivity index (χ1) is 10.2. The van der Waals surface area contributed by atoms with E-state index in [0.29, 0.717) is 25.1 Å². The fourth-order valence-corrected chi connectivity index (χ4v) is 2.48. The lowest BCUT2D eigenvalue weighted by molar-refractivity contribution is -0.117. The molecule has 0 aromatic carbocycles. The van der Waals surface area contributed by atoms with Gasteiger partial charge in [-0.2, -0.15) is 0 Å². The number of anilines is 1. The molecule has 0 bridgehead atoms. The highest BCUT2D eigenvalue weighted by atomic mass is 16.5. The maximum atomic E-state index is 12.1. The van der Waals surface area contributed by atoms with Gasteiger partial charge in [-0.3, -0.25) is 15.0 Å². The second kappa shape index (κ2) is 8.11. The summed E-state index contributed by atoms with van der Waals surface area (Å²) in [6, 6.07) is 2.16. The Balaban J connectivity index is 1.82. The van der Waals surface area contributed by atoms with E-state index in [2.05, 4.69) is 20.7 Å². The largest absolute Gasteiger partial charge is 0.383 e. The molecule has 0 radical (unpaired) electrons. The molecule has 7 nitrogen and oxygen atoms in total. The molecule has 0 saturated carbocycles. The molecule has 118 valence electrons. The van der Waals surface area contributed by atoms with Crippen LogP contribution in [0.15, 0.2) is 10.6 Å². The van der Waals surface area contributed by atoms with Crippen molar-refractivity contribution in [2.75, 3.05) is 45.2 Å². The van der Waals surface area contributed by atoms with Crippen LogP contribution in [0.1, 0.15) is 18.5 Å². The first kappa shape index (κ1) is 15.9. The van der Waals surface area contributed by atoms with Crippen molar-refractivity contribution in [1.29, 1.82) is 0 Å². The first-order valence-corrected chi connectivity index (χ1v) is 7.35. The standard InChI is InChI=1S/C14H24N4O3/c1-11-8-14(21-17-11)16-13(19)10-18(6-7-20-2)9-12-4-3-5-15-12/h8,12,15H,3-7,9-10H2,1-2H3,(H,16,19). The van der Waals surface area contributed by atoms with Crippen LogP contribution in [0.2, 0.25) is 0 Å². The van der Waals surface area contributed by atoms with Crippen LogP contribution in [-0.4, -0.2) is 61.9 Å². The average Bonchev–Trinajstić information content (AvgIpc) is 3.08. The fourth-order valence-electron chi connectivity index (χ4n) is 2.48. The fraction of sp³-hybridized carbons (Fsp3) is 0.714. The Hall–Kier alpha value is -1.44. The lowest BCUT2D eigenvalue weighted by atomic mass is 10.2. The van der Waals surface area contributed by atoms with Crippen LogP contribution < -0.4 is 10.6 Å². The van der Waals surface area contributed by atoms with Crippen LogP contribution >= 0.6 is 0 Å². The number of nitrogens with zero attached hydrogens (tertiary/aromatic N) is 2. The molecule has 7 heteroatoms. The number of nitrogens with one attached hydrogen (secondary N) is 2. The van der Waals surface area contributed by atoms with Gasteiger partial charge in [-0.05, 0) is 26.3 Å². The van der Waals surface area contributed by atoms with E-state index in [1.165, 1.54) is 6.42 Å². The number of amides is 1. The quantitative estimate of drug-likeness (QED) is 0.732. The van der Waals surface area contributed by atoms with Gasteiger partial charge in [0.2, 0.25) is 11.8 Å². The van der Waals surface area contributed by atoms with Crippen LogP contribution in [0.3, 0.4) is 0 Å². The Morgan fingerprint density at radius 3 is 3.14 bits per heavy atom. The van der Waals surface area contributed by atoms with Gasteiger partial charge in [0.15, 0.2) is 0 Å². The Morgan fingerprint density at radius 1 is 1.67 bits per heavy atom. The van der Waals surface area contributed by atoms with E-state index < -0.39 is 0 Å². The molecule has 1 saturated heterocycles. The van der Waals surface area contributed by atoms with Crippen LogP contribution in [0.4, 0.5) is 5.88 Å². The molecule has 1 atom stereocenters. The maximum Gasteiger partial charge on any atom is 0.240 e. The van der Waals surface area contributed by atoms with E-state index >= 15 is 0 Å². The van der Waals surface area contributed by atoms with Gasteiger partial charge in [-0.25, -0.2) is 0 Å². The molecule has 0 spiro atoms. The lowest BCUT2D eigenvalue weighted by Gasteiger charge is -2.24. The number of carbonyl (C=O) groups is 1. The number of ether oxygens (including phenoxy) is 1. The van der Waals surface area contributed by atoms with Gasteiger partial charge in [0.25, 0.3) is 0 Å². The Kier molecular flexibility index (Phi) is 6.16. The summed E-state index contributed by atoms with van der Waals surface area (Å²) in [5, 5.41) is 9.92. The highest BCUT2D eigenvalue weighted by molar-refractivity contribution is 5.90. The third-order valence-corrected chi connectivity index (χ3v) is 3.51. The van der Waals surface area contributed by atoms with Gasteiger partial charge in [-0.1, -0.05) is 5.16 Å².